The number of carbonyl (C=O) groups is 1. The minimum absolute atomic E-state index is 0.163. The van der Waals surface area contributed by atoms with Crippen LogP contribution < -0.4 is 26.5 Å². The normalized spacial score (nSPS) is 18.7. The van der Waals surface area contributed by atoms with Crippen LogP contribution in [0.5, 0.6) is 5.75 Å². The van der Waals surface area contributed by atoms with Gasteiger partial charge in [-0.25, -0.2) is 4.39 Å². The predicted molar refractivity (Wildman–Crippen MR) is 139 cm³/mol. The summed E-state index contributed by atoms with van der Waals surface area (Å²) in [7, 11) is 1.52. The Morgan fingerprint density at radius 2 is 2.03 bits per heavy atom. The molecule has 5 rings (SSSR count). The average Bonchev–Trinajstić information content (AvgIpc) is 3.36. The highest BCUT2D eigenvalue weighted by molar-refractivity contribution is 7.20. The summed E-state index contributed by atoms with van der Waals surface area (Å²) in [6.45, 7) is 7.26. The van der Waals surface area contributed by atoms with Crippen molar-refractivity contribution in [1.82, 2.24) is 4.57 Å². The van der Waals surface area contributed by atoms with Crippen LogP contribution in [0, 0.1) is 11.7 Å². The van der Waals surface area contributed by atoms with Crippen LogP contribution in [0.2, 0.25) is 0 Å². The molecule has 2 fully saturated rings. The third-order valence-corrected chi connectivity index (χ3v) is 8.74. The number of amides is 1. The lowest BCUT2D eigenvalue weighted by Gasteiger charge is -2.28. The molecule has 3 aromatic rings. The number of anilines is 1. The highest BCUT2D eigenvalue weighted by Gasteiger charge is 2.37. The summed E-state index contributed by atoms with van der Waals surface area (Å²) in [5, 5.41) is 0.772. The van der Waals surface area contributed by atoms with Gasteiger partial charge < -0.3 is 25.7 Å². The Kier molecular flexibility index (Phi) is 5.83. The van der Waals surface area contributed by atoms with Gasteiger partial charge in [0.15, 0.2) is 17.0 Å². The SMILES string of the molecule is CCCc1c(C(N)=O)sc2c1c(=O)c1cc(F)c(N3CCC(C(C)(C)N)C3)c(OC)c1n2C1CC1. The summed E-state index contributed by atoms with van der Waals surface area (Å²) < 4.78 is 23.7. The van der Waals surface area contributed by atoms with Crippen LogP contribution in [0.1, 0.15) is 67.7 Å². The highest BCUT2D eigenvalue weighted by Crippen LogP contribution is 2.48. The number of nitrogens with zero attached hydrogens (tertiary/aromatic N) is 2. The van der Waals surface area contributed by atoms with Crippen molar-refractivity contribution in [1.29, 1.82) is 0 Å². The van der Waals surface area contributed by atoms with Crippen molar-refractivity contribution in [3.63, 3.8) is 0 Å². The monoisotopic (exact) mass is 500 g/mol. The van der Waals surface area contributed by atoms with Gasteiger partial charge in [0.2, 0.25) is 0 Å². The molecule has 3 heterocycles. The number of thiophene rings is 1. The van der Waals surface area contributed by atoms with E-state index >= 15 is 4.39 Å². The summed E-state index contributed by atoms with van der Waals surface area (Å²) in [6.07, 6.45) is 4.07. The highest BCUT2D eigenvalue weighted by atomic mass is 32.1. The molecule has 1 unspecified atom stereocenters. The first kappa shape index (κ1) is 24.1. The van der Waals surface area contributed by atoms with Crippen LogP contribution in [0.4, 0.5) is 10.1 Å². The van der Waals surface area contributed by atoms with E-state index in [-0.39, 0.29) is 28.3 Å². The Balaban J connectivity index is 1.84. The smallest absolute Gasteiger partial charge is 0.259 e. The van der Waals surface area contributed by atoms with Gasteiger partial charge in [0.05, 0.1) is 28.3 Å². The fourth-order valence-electron chi connectivity index (χ4n) is 5.54. The van der Waals surface area contributed by atoms with Crippen LogP contribution in [0.25, 0.3) is 21.1 Å². The number of aryl methyl sites for hydroxylation is 1. The molecular formula is C26H33FN4O3S. The molecule has 1 aliphatic carbocycles. The van der Waals surface area contributed by atoms with E-state index in [1.165, 1.54) is 24.5 Å². The fourth-order valence-corrected chi connectivity index (χ4v) is 6.82. The summed E-state index contributed by atoms with van der Waals surface area (Å²) in [5.74, 6) is -0.437. The minimum atomic E-state index is -0.535. The van der Waals surface area contributed by atoms with E-state index in [9.17, 15) is 9.59 Å². The van der Waals surface area contributed by atoms with E-state index in [4.69, 9.17) is 16.2 Å². The van der Waals surface area contributed by atoms with Crippen molar-refractivity contribution >= 4 is 44.1 Å². The van der Waals surface area contributed by atoms with Crippen LogP contribution in [-0.4, -0.2) is 36.2 Å². The second kappa shape index (κ2) is 8.48. The zero-order valence-corrected chi connectivity index (χ0v) is 21.6. The second-order valence-electron chi connectivity index (χ2n) is 10.5. The molecule has 1 amide bonds. The first-order valence-electron chi connectivity index (χ1n) is 12.3. The minimum Gasteiger partial charge on any atom is -0.492 e. The average molecular weight is 501 g/mol. The number of carbonyl (C=O) groups excluding carboxylic acids is 1. The Labute approximate surface area is 207 Å². The van der Waals surface area contributed by atoms with Crippen LogP contribution in [0.3, 0.4) is 0 Å². The quantitative estimate of drug-likeness (QED) is 0.503. The fraction of sp³-hybridized carbons (Fsp3) is 0.538. The van der Waals surface area contributed by atoms with Crippen molar-refractivity contribution in [2.75, 3.05) is 25.1 Å². The molecule has 0 radical (unpaired) electrons. The first-order chi connectivity index (χ1) is 16.6. The van der Waals surface area contributed by atoms with Gasteiger partial charge in [-0.3, -0.25) is 9.59 Å². The van der Waals surface area contributed by atoms with E-state index in [0.29, 0.717) is 52.3 Å². The van der Waals surface area contributed by atoms with E-state index < -0.39 is 11.7 Å². The Bertz CT molecular complexity index is 1400. The van der Waals surface area contributed by atoms with Gasteiger partial charge in [-0.05, 0) is 57.1 Å². The number of hydrogen-bond acceptors (Lipinski definition) is 6. The molecular weight excluding hydrogens is 467 g/mol. The molecule has 1 aromatic carbocycles. The lowest BCUT2D eigenvalue weighted by atomic mass is 9.88. The number of rotatable bonds is 7. The molecule has 1 aliphatic heterocycles. The van der Waals surface area contributed by atoms with Crippen molar-refractivity contribution in [3.05, 3.63) is 32.5 Å². The first-order valence-corrected chi connectivity index (χ1v) is 13.1. The van der Waals surface area contributed by atoms with Gasteiger partial charge in [-0.1, -0.05) is 13.3 Å². The van der Waals surface area contributed by atoms with Crippen molar-refractivity contribution in [3.8, 4) is 5.75 Å². The van der Waals surface area contributed by atoms with Crippen molar-refractivity contribution in [2.45, 2.75) is 64.5 Å². The summed E-state index contributed by atoms with van der Waals surface area (Å²) in [6, 6.07) is 1.52. The van der Waals surface area contributed by atoms with E-state index in [1.807, 2.05) is 25.7 Å². The molecule has 9 heteroatoms. The number of aromatic nitrogens is 1. The zero-order chi connectivity index (χ0) is 25.2. The molecule has 35 heavy (non-hydrogen) atoms. The number of nitrogens with two attached hydrogens (primary N) is 2. The van der Waals surface area contributed by atoms with Crippen LogP contribution in [0.15, 0.2) is 10.9 Å². The Morgan fingerprint density at radius 1 is 1.31 bits per heavy atom. The number of halogens is 1. The van der Waals surface area contributed by atoms with Gasteiger partial charge in [0.25, 0.3) is 5.91 Å². The number of hydrogen-bond donors (Lipinski definition) is 2. The maximum atomic E-state index is 15.8. The molecule has 188 valence electrons. The number of benzene rings is 1. The van der Waals surface area contributed by atoms with E-state index in [2.05, 4.69) is 4.57 Å². The summed E-state index contributed by atoms with van der Waals surface area (Å²) in [4.78, 5) is 29.3. The molecule has 1 saturated carbocycles. The van der Waals surface area contributed by atoms with E-state index in [0.717, 1.165) is 30.5 Å². The molecule has 0 bridgehead atoms. The molecule has 0 spiro atoms. The molecule has 1 atom stereocenters. The van der Waals surface area contributed by atoms with Gasteiger partial charge in [0.1, 0.15) is 10.5 Å². The third kappa shape index (κ3) is 3.80. The topological polar surface area (TPSA) is 104 Å². The second-order valence-corrected chi connectivity index (χ2v) is 11.5. The predicted octanol–water partition coefficient (Wildman–Crippen LogP) is 4.31. The molecule has 4 N–H and O–H groups in total. The maximum absolute atomic E-state index is 15.8. The summed E-state index contributed by atoms with van der Waals surface area (Å²) in [5.41, 5.74) is 13.1. The van der Waals surface area contributed by atoms with Crippen molar-refractivity contribution in [2.24, 2.45) is 17.4 Å². The molecule has 2 aromatic heterocycles. The number of pyridine rings is 1. The van der Waals surface area contributed by atoms with Gasteiger partial charge in [-0.2, -0.15) is 0 Å². The molecule has 1 saturated heterocycles. The standard InChI is InChI=1S/C26H33FN4O3S/c1-5-6-15-18-21(32)16-11-17(27)20(30-10-9-13(12-30)26(2,3)29)22(34-4)19(16)31(14-7-8-14)25(18)35-23(15)24(28)33/h11,13-14H,5-10,12,29H2,1-4H3,(H2,28,33). The Hall–Kier alpha value is -2.65. The zero-order valence-electron chi connectivity index (χ0n) is 20.7. The lowest BCUT2D eigenvalue weighted by Crippen LogP contribution is -2.42. The van der Waals surface area contributed by atoms with Gasteiger partial charge in [0, 0.05) is 24.7 Å². The van der Waals surface area contributed by atoms with Gasteiger partial charge in [-0.15, -0.1) is 11.3 Å². The molecule has 7 nitrogen and oxygen atoms in total. The number of fused-ring (bicyclic) bond motifs is 2. The molecule has 2 aliphatic rings. The van der Waals surface area contributed by atoms with Crippen LogP contribution >= 0.6 is 11.3 Å². The number of primary amides is 1. The number of methoxy groups -OCH3 is 1. The lowest BCUT2D eigenvalue weighted by molar-refractivity contribution is 0.100. The van der Waals surface area contributed by atoms with Crippen molar-refractivity contribution < 1.29 is 13.9 Å². The van der Waals surface area contributed by atoms with E-state index in [1.54, 1.807) is 0 Å². The van der Waals surface area contributed by atoms with Crippen LogP contribution in [-0.2, 0) is 6.42 Å². The van der Waals surface area contributed by atoms with Gasteiger partial charge >= 0.3 is 0 Å². The summed E-state index contributed by atoms with van der Waals surface area (Å²) >= 11 is 1.27. The Morgan fingerprint density at radius 3 is 2.57 bits per heavy atom. The number of ether oxygens (including phenoxy) is 1. The maximum Gasteiger partial charge on any atom is 0.259 e. The third-order valence-electron chi connectivity index (χ3n) is 7.50. The largest absolute Gasteiger partial charge is 0.492 e.